The largest absolute Gasteiger partial charge is 0.446 e. The van der Waals surface area contributed by atoms with Crippen LogP contribution in [-0.2, 0) is 10.5 Å². The van der Waals surface area contributed by atoms with Gasteiger partial charge in [0.25, 0.3) is 0 Å². The van der Waals surface area contributed by atoms with Gasteiger partial charge in [0, 0.05) is 10.6 Å². The second-order valence-electron chi connectivity index (χ2n) is 6.41. The van der Waals surface area contributed by atoms with Crippen LogP contribution in [0, 0.1) is 0 Å². The number of fused-ring (bicyclic) bond motifs is 2. The molecule has 0 spiro atoms. The Labute approximate surface area is 146 Å². The van der Waals surface area contributed by atoms with Crippen LogP contribution in [0.25, 0.3) is 0 Å². The summed E-state index contributed by atoms with van der Waals surface area (Å²) in [6, 6.07) is 16.5. The molecule has 1 aliphatic heterocycles. The number of thioether (sulfide) groups is 1. The predicted octanol–water partition coefficient (Wildman–Crippen LogP) is 5.05. The lowest BCUT2D eigenvalue weighted by atomic mass is 9.95. The second kappa shape index (κ2) is 6.89. The quantitative estimate of drug-likeness (QED) is 0.832. The van der Waals surface area contributed by atoms with E-state index in [1.807, 2.05) is 23.9 Å². The van der Waals surface area contributed by atoms with Gasteiger partial charge in [-0.25, -0.2) is 4.79 Å². The molecule has 2 aromatic rings. The third-order valence-electron chi connectivity index (χ3n) is 4.82. The number of rotatable bonds is 2. The van der Waals surface area contributed by atoms with E-state index in [0.717, 1.165) is 37.0 Å². The maximum atomic E-state index is 12.5. The van der Waals surface area contributed by atoms with Crippen molar-refractivity contribution in [3.05, 3.63) is 65.2 Å². The van der Waals surface area contributed by atoms with Gasteiger partial charge in [0.15, 0.2) is 0 Å². The standard InChI is InChI=1S/C20H21NO2S/c22-20(23-15-8-2-3-9-15)21-19-16-10-4-1-7-14(16)13-24-18-12-6-5-11-17(18)19/h1,4-7,10-12,15,19H,2-3,8-9,13H2,(H,21,22)/t19-/m1/s1. The number of carbonyl (C=O) groups excluding carboxylic acids is 1. The molecule has 4 rings (SSSR count). The highest BCUT2D eigenvalue weighted by Gasteiger charge is 2.27. The minimum atomic E-state index is -0.302. The molecule has 1 fully saturated rings. The second-order valence-corrected chi connectivity index (χ2v) is 7.43. The summed E-state index contributed by atoms with van der Waals surface area (Å²) < 4.78 is 5.63. The molecule has 24 heavy (non-hydrogen) atoms. The lowest BCUT2D eigenvalue weighted by Gasteiger charge is -2.22. The summed E-state index contributed by atoms with van der Waals surface area (Å²) in [5, 5.41) is 3.12. The SMILES string of the molecule is O=C(N[C@@H]1c2ccccc2CSc2ccccc21)OC1CCCC1. The van der Waals surface area contributed by atoms with Crippen LogP contribution in [0.4, 0.5) is 4.79 Å². The number of benzene rings is 2. The highest BCUT2D eigenvalue weighted by molar-refractivity contribution is 7.98. The molecule has 124 valence electrons. The van der Waals surface area contributed by atoms with Crippen molar-refractivity contribution in [3.8, 4) is 0 Å². The number of carbonyl (C=O) groups is 1. The van der Waals surface area contributed by atoms with Gasteiger partial charge in [0.1, 0.15) is 6.10 Å². The molecule has 0 aromatic heterocycles. The maximum Gasteiger partial charge on any atom is 0.408 e. The molecule has 2 aromatic carbocycles. The van der Waals surface area contributed by atoms with Crippen molar-refractivity contribution in [2.45, 2.75) is 48.5 Å². The van der Waals surface area contributed by atoms with E-state index in [4.69, 9.17) is 4.74 Å². The van der Waals surface area contributed by atoms with Gasteiger partial charge in [-0.15, -0.1) is 11.8 Å². The van der Waals surface area contributed by atoms with E-state index in [2.05, 4.69) is 41.7 Å². The lowest BCUT2D eigenvalue weighted by molar-refractivity contribution is 0.0989. The zero-order chi connectivity index (χ0) is 16.4. The van der Waals surface area contributed by atoms with Gasteiger partial charge in [-0.1, -0.05) is 42.5 Å². The van der Waals surface area contributed by atoms with E-state index in [0.29, 0.717) is 0 Å². The Balaban J connectivity index is 1.63. The number of amides is 1. The Hall–Kier alpha value is -1.94. The molecule has 1 aliphatic carbocycles. The molecule has 1 heterocycles. The molecule has 3 nitrogen and oxygen atoms in total. The van der Waals surface area contributed by atoms with E-state index in [1.165, 1.54) is 16.0 Å². The van der Waals surface area contributed by atoms with E-state index in [9.17, 15) is 4.79 Å². The zero-order valence-electron chi connectivity index (χ0n) is 13.5. The highest BCUT2D eigenvalue weighted by Crippen LogP contribution is 2.39. The third kappa shape index (κ3) is 3.16. The van der Waals surface area contributed by atoms with Crippen molar-refractivity contribution in [2.24, 2.45) is 0 Å². The fourth-order valence-corrected chi connectivity index (χ4v) is 4.69. The van der Waals surface area contributed by atoms with Crippen LogP contribution < -0.4 is 5.32 Å². The van der Waals surface area contributed by atoms with Crippen LogP contribution in [0.2, 0.25) is 0 Å². The normalized spacial score (nSPS) is 19.9. The average molecular weight is 339 g/mol. The molecule has 1 amide bonds. The van der Waals surface area contributed by atoms with Crippen LogP contribution >= 0.6 is 11.8 Å². The molecule has 1 saturated carbocycles. The topological polar surface area (TPSA) is 38.3 Å². The van der Waals surface area contributed by atoms with Crippen molar-refractivity contribution in [1.29, 1.82) is 0 Å². The number of alkyl carbamates (subject to hydrolysis) is 1. The van der Waals surface area contributed by atoms with Crippen LogP contribution in [-0.4, -0.2) is 12.2 Å². The van der Waals surface area contributed by atoms with E-state index < -0.39 is 0 Å². The minimum Gasteiger partial charge on any atom is -0.446 e. The first kappa shape index (κ1) is 15.6. The van der Waals surface area contributed by atoms with E-state index >= 15 is 0 Å². The molecule has 0 bridgehead atoms. The molecular formula is C20H21NO2S. The minimum absolute atomic E-state index is 0.0793. The summed E-state index contributed by atoms with van der Waals surface area (Å²) in [4.78, 5) is 13.7. The summed E-state index contributed by atoms with van der Waals surface area (Å²) >= 11 is 1.82. The Morgan fingerprint density at radius 3 is 2.54 bits per heavy atom. The van der Waals surface area contributed by atoms with Crippen LogP contribution in [0.3, 0.4) is 0 Å². The summed E-state index contributed by atoms with van der Waals surface area (Å²) in [5.41, 5.74) is 3.58. The monoisotopic (exact) mass is 339 g/mol. The molecular weight excluding hydrogens is 318 g/mol. The third-order valence-corrected chi connectivity index (χ3v) is 5.96. The van der Waals surface area contributed by atoms with Crippen molar-refractivity contribution in [1.82, 2.24) is 5.32 Å². The Bertz CT molecular complexity index is 692. The van der Waals surface area contributed by atoms with Crippen molar-refractivity contribution < 1.29 is 9.53 Å². The first-order chi connectivity index (χ1) is 11.8. The summed E-state index contributed by atoms with van der Waals surface area (Å²) in [6.45, 7) is 0. The maximum absolute atomic E-state index is 12.5. The summed E-state index contributed by atoms with van der Waals surface area (Å²) in [7, 11) is 0. The fourth-order valence-electron chi connectivity index (χ4n) is 3.59. The Kier molecular flexibility index (Phi) is 4.48. The van der Waals surface area contributed by atoms with Crippen molar-refractivity contribution in [2.75, 3.05) is 0 Å². The van der Waals surface area contributed by atoms with Gasteiger partial charge in [-0.2, -0.15) is 0 Å². The first-order valence-electron chi connectivity index (χ1n) is 8.58. The molecule has 1 atom stereocenters. The molecule has 0 unspecified atom stereocenters. The van der Waals surface area contributed by atoms with Crippen LogP contribution in [0.1, 0.15) is 48.4 Å². The molecule has 2 aliphatic rings. The van der Waals surface area contributed by atoms with Gasteiger partial charge in [0.2, 0.25) is 0 Å². The summed E-state index contributed by atoms with van der Waals surface area (Å²) in [6.07, 6.45) is 4.06. The molecule has 0 saturated heterocycles. The lowest BCUT2D eigenvalue weighted by Crippen LogP contribution is -2.32. The number of hydrogen-bond donors (Lipinski definition) is 1. The smallest absolute Gasteiger partial charge is 0.408 e. The van der Waals surface area contributed by atoms with Gasteiger partial charge < -0.3 is 10.1 Å². The van der Waals surface area contributed by atoms with Crippen LogP contribution in [0.15, 0.2) is 53.4 Å². The van der Waals surface area contributed by atoms with Gasteiger partial charge >= 0.3 is 6.09 Å². The molecule has 4 heteroatoms. The Morgan fingerprint density at radius 1 is 1.00 bits per heavy atom. The number of ether oxygens (including phenoxy) is 1. The van der Waals surface area contributed by atoms with E-state index in [1.54, 1.807) is 0 Å². The van der Waals surface area contributed by atoms with Gasteiger partial charge in [-0.3, -0.25) is 0 Å². The Morgan fingerprint density at radius 2 is 1.71 bits per heavy atom. The highest BCUT2D eigenvalue weighted by atomic mass is 32.2. The van der Waals surface area contributed by atoms with E-state index in [-0.39, 0.29) is 18.2 Å². The fraction of sp³-hybridized carbons (Fsp3) is 0.350. The average Bonchev–Trinajstić information content (AvgIpc) is 3.06. The van der Waals surface area contributed by atoms with Crippen molar-refractivity contribution >= 4 is 17.9 Å². The van der Waals surface area contributed by atoms with Gasteiger partial charge in [0.05, 0.1) is 6.04 Å². The molecule has 0 radical (unpaired) electrons. The van der Waals surface area contributed by atoms with Crippen LogP contribution in [0.5, 0.6) is 0 Å². The zero-order valence-corrected chi connectivity index (χ0v) is 14.4. The molecule has 1 N–H and O–H groups in total. The van der Waals surface area contributed by atoms with Gasteiger partial charge in [-0.05, 0) is 48.4 Å². The first-order valence-corrected chi connectivity index (χ1v) is 9.56. The predicted molar refractivity (Wildman–Crippen MR) is 96.2 cm³/mol. The number of nitrogens with one attached hydrogen (secondary N) is 1. The summed E-state index contributed by atoms with van der Waals surface area (Å²) in [5.74, 6) is 0.920. The van der Waals surface area contributed by atoms with Crippen molar-refractivity contribution in [3.63, 3.8) is 0 Å². The number of hydrogen-bond acceptors (Lipinski definition) is 3.